The molecule has 0 radical (unpaired) electrons. The fourth-order valence-electron chi connectivity index (χ4n) is 4.44. The van der Waals surface area contributed by atoms with Gasteiger partial charge in [-0.2, -0.15) is 5.26 Å². The predicted molar refractivity (Wildman–Crippen MR) is 107 cm³/mol. The second-order valence-electron chi connectivity index (χ2n) is 7.64. The van der Waals surface area contributed by atoms with Gasteiger partial charge in [-0.25, -0.2) is 0 Å². The average Bonchev–Trinajstić information content (AvgIpc) is 2.72. The number of carbonyl (C=O) groups excluding carboxylic acids is 1. The second kappa shape index (κ2) is 7.08. The van der Waals surface area contributed by atoms with E-state index in [2.05, 4.69) is 30.0 Å². The van der Waals surface area contributed by atoms with Gasteiger partial charge in [0, 0.05) is 18.7 Å². The highest BCUT2D eigenvalue weighted by atomic mass is 16.5. The van der Waals surface area contributed by atoms with Crippen molar-refractivity contribution < 1.29 is 9.53 Å². The number of nitriles is 1. The SMILES string of the molecule is COc1ccc2c(c1)CCc1c-2cc(C=O)c(C#N)c1N1CCC(C)CC1. The largest absolute Gasteiger partial charge is 0.497 e. The third kappa shape index (κ3) is 2.98. The van der Waals surface area contributed by atoms with E-state index < -0.39 is 0 Å². The molecule has 0 N–H and O–H groups in total. The highest BCUT2D eigenvalue weighted by Crippen LogP contribution is 2.43. The molecule has 2 aromatic carbocycles. The van der Waals surface area contributed by atoms with Crippen molar-refractivity contribution in [3.8, 4) is 22.9 Å². The molecule has 27 heavy (non-hydrogen) atoms. The smallest absolute Gasteiger partial charge is 0.151 e. The summed E-state index contributed by atoms with van der Waals surface area (Å²) in [6, 6.07) is 10.4. The maximum absolute atomic E-state index is 11.8. The molecule has 0 bridgehead atoms. The van der Waals surface area contributed by atoms with Gasteiger partial charge in [-0.3, -0.25) is 4.79 Å². The number of hydrogen-bond donors (Lipinski definition) is 0. The number of piperidine rings is 1. The van der Waals surface area contributed by atoms with Crippen LogP contribution >= 0.6 is 0 Å². The van der Waals surface area contributed by atoms with E-state index in [9.17, 15) is 10.1 Å². The number of methoxy groups -OCH3 is 1. The standard InChI is InChI=1S/C23H24N2O2/c1-15-7-9-25(10-8-15)23-20-5-3-16-11-18(27-2)4-6-19(16)21(20)12-17(14-26)22(23)13-24/h4,6,11-12,14-15H,3,5,7-10H2,1-2H3. The molecule has 4 heteroatoms. The minimum absolute atomic E-state index is 0.494. The summed E-state index contributed by atoms with van der Waals surface area (Å²) in [7, 11) is 1.68. The summed E-state index contributed by atoms with van der Waals surface area (Å²) in [5, 5.41) is 9.83. The number of benzene rings is 2. The van der Waals surface area contributed by atoms with Crippen LogP contribution in [0.1, 0.15) is 46.8 Å². The quantitative estimate of drug-likeness (QED) is 0.762. The van der Waals surface area contributed by atoms with Crippen LogP contribution in [0, 0.1) is 17.2 Å². The summed E-state index contributed by atoms with van der Waals surface area (Å²) in [5.74, 6) is 1.57. The van der Waals surface area contributed by atoms with Gasteiger partial charge in [0.1, 0.15) is 11.8 Å². The minimum atomic E-state index is 0.494. The van der Waals surface area contributed by atoms with E-state index in [1.165, 1.54) is 11.1 Å². The molecule has 1 aliphatic carbocycles. The molecule has 0 aromatic heterocycles. The molecule has 1 heterocycles. The zero-order chi connectivity index (χ0) is 19.0. The molecular weight excluding hydrogens is 336 g/mol. The number of aldehydes is 1. The van der Waals surface area contributed by atoms with Crippen LogP contribution in [0.4, 0.5) is 5.69 Å². The molecule has 1 aliphatic heterocycles. The Balaban J connectivity index is 1.91. The van der Waals surface area contributed by atoms with E-state index in [1.54, 1.807) is 7.11 Å². The molecule has 4 rings (SSSR count). The van der Waals surface area contributed by atoms with Crippen molar-refractivity contribution in [3.63, 3.8) is 0 Å². The van der Waals surface area contributed by atoms with E-state index in [4.69, 9.17) is 4.74 Å². The first-order valence-corrected chi connectivity index (χ1v) is 9.63. The number of anilines is 1. The van der Waals surface area contributed by atoms with E-state index >= 15 is 0 Å². The molecule has 1 fully saturated rings. The first kappa shape index (κ1) is 17.6. The maximum Gasteiger partial charge on any atom is 0.151 e. The van der Waals surface area contributed by atoms with Crippen molar-refractivity contribution in [3.05, 3.63) is 46.5 Å². The Bertz CT molecular complexity index is 934. The highest BCUT2D eigenvalue weighted by Gasteiger charge is 2.28. The molecule has 0 spiro atoms. The van der Waals surface area contributed by atoms with Crippen LogP contribution in [-0.4, -0.2) is 26.5 Å². The van der Waals surface area contributed by atoms with Gasteiger partial charge in [-0.05, 0) is 72.1 Å². The Labute approximate surface area is 160 Å². The van der Waals surface area contributed by atoms with Crippen LogP contribution in [-0.2, 0) is 12.8 Å². The lowest BCUT2D eigenvalue weighted by Crippen LogP contribution is -2.34. The Morgan fingerprint density at radius 1 is 1.19 bits per heavy atom. The van der Waals surface area contributed by atoms with Crippen molar-refractivity contribution in [2.45, 2.75) is 32.6 Å². The van der Waals surface area contributed by atoms with Crippen molar-refractivity contribution in [2.24, 2.45) is 5.92 Å². The average molecular weight is 360 g/mol. The number of carbonyl (C=O) groups is 1. The minimum Gasteiger partial charge on any atom is -0.497 e. The molecule has 0 amide bonds. The Morgan fingerprint density at radius 3 is 2.63 bits per heavy atom. The van der Waals surface area contributed by atoms with Crippen molar-refractivity contribution in [1.82, 2.24) is 0 Å². The summed E-state index contributed by atoms with van der Waals surface area (Å²) in [6.45, 7) is 4.17. The lowest BCUT2D eigenvalue weighted by atomic mass is 9.81. The Hall–Kier alpha value is -2.80. The molecule has 4 nitrogen and oxygen atoms in total. The van der Waals surface area contributed by atoms with Gasteiger partial charge < -0.3 is 9.64 Å². The Morgan fingerprint density at radius 2 is 1.96 bits per heavy atom. The molecular formula is C23H24N2O2. The summed E-state index contributed by atoms with van der Waals surface area (Å²) in [4.78, 5) is 14.1. The molecule has 2 aromatic rings. The van der Waals surface area contributed by atoms with E-state index in [1.807, 2.05) is 12.1 Å². The fourth-order valence-corrected chi connectivity index (χ4v) is 4.44. The van der Waals surface area contributed by atoms with Crippen LogP contribution in [0.25, 0.3) is 11.1 Å². The zero-order valence-corrected chi connectivity index (χ0v) is 15.9. The van der Waals surface area contributed by atoms with Gasteiger partial charge >= 0.3 is 0 Å². The summed E-state index contributed by atoms with van der Waals surface area (Å²) in [6.07, 6.45) is 4.87. The van der Waals surface area contributed by atoms with E-state index in [-0.39, 0.29) is 0 Å². The Kier molecular flexibility index (Phi) is 4.61. The molecule has 138 valence electrons. The van der Waals surface area contributed by atoms with Crippen LogP contribution in [0.15, 0.2) is 24.3 Å². The summed E-state index contributed by atoms with van der Waals surface area (Å²) < 4.78 is 5.37. The summed E-state index contributed by atoms with van der Waals surface area (Å²) >= 11 is 0. The van der Waals surface area contributed by atoms with Gasteiger partial charge in [-0.1, -0.05) is 13.0 Å². The van der Waals surface area contributed by atoms with Gasteiger partial charge in [-0.15, -0.1) is 0 Å². The van der Waals surface area contributed by atoms with Gasteiger partial charge in [0.15, 0.2) is 6.29 Å². The molecule has 1 saturated heterocycles. The van der Waals surface area contributed by atoms with Gasteiger partial charge in [0.2, 0.25) is 0 Å². The van der Waals surface area contributed by atoms with Crippen LogP contribution in [0.2, 0.25) is 0 Å². The third-order valence-electron chi connectivity index (χ3n) is 6.02. The third-order valence-corrected chi connectivity index (χ3v) is 6.02. The number of nitrogens with zero attached hydrogens (tertiary/aromatic N) is 2. The number of ether oxygens (including phenoxy) is 1. The molecule has 2 aliphatic rings. The number of rotatable bonds is 3. The topological polar surface area (TPSA) is 53.3 Å². The first-order valence-electron chi connectivity index (χ1n) is 9.63. The van der Waals surface area contributed by atoms with Crippen LogP contribution in [0.5, 0.6) is 5.75 Å². The van der Waals surface area contributed by atoms with E-state index in [0.717, 1.165) is 67.6 Å². The number of aryl methyl sites for hydroxylation is 1. The first-order chi connectivity index (χ1) is 13.2. The monoisotopic (exact) mass is 360 g/mol. The lowest BCUT2D eigenvalue weighted by Gasteiger charge is -2.36. The molecule has 0 atom stereocenters. The highest BCUT2D eigenvalue weighted by molar-refractivity contribution is 5.92. The maximum atomic E-state index is 11.8. The number of hydrogen-bond acceptors (Lipinski definition) is 4. The van der Waals surface area contributed by atoms with Crippen molar-refractivity contribution in [1.29, 1.82) is 5.26 Å². The predicted octanol–water partition coefficient (Wildman–Crippen LogP) is 4.38. The van der Waals surface area contributed by atoms with Gasteiger partial charge in [0.05, 0.1) is 18.4 Å². The van der Waals surface area contributed by atoms with Crippen molar-refractivity contribution in [2.75, 3.05) is 25.1 Å². The van der Waals surface area contributed by atoms with E-state index in [0.29, 0.717) is 17.0 Å². The number of fused-ring (bicyclic) bond motifs is 3. The molecule has 0 saturated carbocycles. The van der Waals surface area contributed by atoms with Crippen LogP contribution in [0.3, 0.4) is 0 Å². The van der Waals surface area contributed by atoms with Crippen molar-refractivity contribution >= 4 is 12.0 Å². The molecule has 0 unspecified atom stereocenters. The van der Waals surface area contributed by atoms with Gasteiger partial charge in [0.25, 0.3) is 0 Å². The zero-order valence-electron chi connectivity index (χ0n) is 15.9. The second-order valence-corrected chi connectivity index (χ2v) is 7.64. The lowest BCUT2D eigenvalue weighted by molar-refractivity contribution is 0.112. The fraction of sp³-hybridized carbons (Fsp3) is 0.391. The summed E-state index contributed by atoms with van der Waals surface area (Å²) in [5.41, 5.74) is 6.71. The van der Waals surface area contributed by atoms with Crippen LogP contribution < -0.4 is 9.64 Å². The normalized spacial score (nSPS) is 16.3.